The van der Waals surface area contributed by atoms with Gasteiger partial charge in [-0.15, -0.1) is 10.2 Å². The van der Waals surface area contributed by atoms with Gasteiger partial charge in [0.25, 0.3) is 0 Å². The second kappa shape index (κ2) is 4.02. The molecule has 5 heteroatoms. The van der Waals surface area contributed by atoms with E-state index in [-0.39, 0.29) is 6.54 Å². The van der Waals surface area contributed by atoms with Crippen LogP contribution in [0.2, 0.25) is 0 Å². The first-order valence-corrected chi connectivity index (χ1v) is 4.18. The molecule has 0 saturated carbocycles. The lowest BCUT2D eigenvalue weighted by atomic mass is 10.1. The molecule has 0 aromatic carbocycles. The minimum absolute atomic E-state index is 0.0605. The second-order valence-corrected chi connectivity index (χ2v) is 3.37. The fraction of sp³-hybridized carbons (Fsp3) is 0.625. The summed E-state index contributed by atoms with van der Waals surface area (Å²) in [4.78, 5) is 10.4. The molecule has 0 aliphatic heterocycles. The van der Waals surface area contributed by atoms with Gasteiger partial charge in [0.2, 0.25) is 0 Å². The summed E-state index contributed by atoms with van der Waals surface area (Å²) in [6, 6.07) is 0. The molecule has 72 valence electrons. The van der Waals surface area contributed by atoms with Gasteiger partial charge in [-0.2, -0.15) is 0 Å². The van der Waals surface area contributed by atoms with Crippen LogP contribution >= 0.6 is 0 Å². The predicted molar refractivity (Wildman–Crippen MR) is 46.2 cm³/mol. The molecule has 0 bridgehead atoms. The van der Waals surface area contributed by atoms with Crippen molar-refractivity contribution in [1.29, 1.82) is 0 Å². The van der Waals surface area contributed by atoms with E-state index in [0.29, 0.717) is 5.92 Å². The smallest absolute Gasteiger partial charge is 0.323 e. The van der Waals surface area contributed by atoms with Gasteiger partial charge in [-0.05, 0) is 5.92 Å². The van der Waals surface area contributed by atoms with E-state index in [1.54, 1.807) is 4.57 Å². The molecule has 0 aliphatic rings. The van der Waals surface area contributed by atoms with E-state index in [0.717, 1.165) is 12.2 Å². The quantitative estimate of drug-likeness (QED) is 0.740. The van der Waals surface area contributed by atoms with Crippen molar-refractivity contribution >= 4 is 5.97 Å². The van der Waals surface area contributed by atoms with E-state index in [1.807, 2.05) is 0 Å². The highest BCUT2D eigenvalue weighted by Gasteiger charge is 2.08. The van der Waals surface area contributed by atoms with E-state index < -0.39 is 5.97 Å². The maximum Gasteiger partial charge on any atom is 0.323 e. The normalized spacial score (nSPS) is 10.7. The number of rotatable bonds is 4. The van der Waals surface area contributed by atoms with Crippen LogP contribution in [-0.4, -0.2) is 25.8 Å². The molecule has 0 atom stereocenters. The summed E-state index contributed by atoms with van der Waals surface area (Å²) in [6.45, 7) is 4.05. The van der Waals surface area contributed by atoms with Gasteiger partial charge in [0.15, 0.2) is 0 Å². The predicted octanol–water partition coefficient (Wildman–Crippen LogP) is 0.561. The van der Waals surface area contributed by atoms with Crippen molar-refractivity contribution in [3.05, 3.63) is 12.2 Å². The third kappa shape index (κ3) is 2.85. The summed E-state index contributed by atoms with van der Waals surface area (Å²) >= 11 is 0. The molecule has 1 N–H and O–H groups in total. The Morgan fingerprint density at radius 2 is 2.38 bits per heavy atom. The average Bonchev–Trinajstić information content (AvgIpc) is 2.34. The van der Waals surface area contributed by atoms with Gasteiger partial charge in [0, 0.05) is 6.42 Å². The maximum atomic E-state index is 10.4. The van der Waals surface area contributed by atoms with Crippen LogP contribution in [0.15, 0.2) is 6.33 Å². The lowest BCUT2D eigenvalue weighted by molar-refractivity contribution is -0.137. The van der Waals surface area contributed by atoms with Crippen molar-refractivity contribution in [2.75, 3.05) is 0 Å². The minimum atomic E-state index is -0.871. The Labute approximate surface area is 76.4 Å². The Hall–Kier alpha value is -1.39. The zero-order valence-corrected chi connectivity index (χ0v) is 7.77. The monoisotopic (exact) mass is 183 g/mol. The summed E-state index contributed by atoms with van der Waals surface area (Å²) in [7, 11) is 0. The van der Waals surface area contributed by atoms with Gasteiger partial charge in [-0.25, -0.2) is 0 Å². The van der Waals surface area contributed by atoms with Gasteiger partial charge >= 0.3 is 5.97 Å². The second-order valence-electron chi connectivity index (χ2n) is 3.37. The number of carboxylic acids is 1. The Morgan fingerprint density at radius 3 is 2.92 bits per heavy atom. The molecular weight excluding hydrogens is 170 g/mol. The molecule has 0 saturated heterocycles. The zero-order valence-electron chi connectivity index (χ0n) is 7.77. The van der Waals surface area contributed by atoms with Crippen molar-refractivity contribution < 1.29 is 9.90 Å². The molecule has 0 aliphatic carbocycles. The van der Waals surface area contributed by atoms with E-state index in [1.165, 1.54) is 6.33 Å². The third-order valence-electron chi connectivity index (χ3n) is 1.59. The number of nitrogens with zero attached hydrogens (tertiary/aromatic N) is 3. The number of aliphatic carboxylic acids is 1. The molecule has 1 aromatic heterocycles. The number of hydrogen-bond donors (Lipinski definition) is 1. The Bertz CT molecular complexity index is 293. The summed E-state index contributed by atoms with van der Waals surface area (Å²) in [5, 5.41) is 16.1. The molecule has 0 spiro atoms. The lowest BCUT2D eigenvalue weighted by Crippen LogP contribution is -2.12. The van der Waals surface area contributed by atoms with Crippen LogP contribution in [0.4, 0.5) is 0 Å². The highest BCUT2D eigenvalue weighted by molar-refractivity contribution is 5.66. The van der Waals surface area contributed by atoms with Crippen LogP contribution < -0.4 is 0 Å². The van der Waals surface area contributed by atoms with E-state index in [2.05, 4.69) is 24.0 Å². The van der Waals surface area contributed by atoms with E-state index >= 15 is 0 Å². The molecule has 0 unspecified atom stereocenters. The van der Waals surface area contributed by atoms with Crippen molar-refractivity contribution in [2.24, 2.45) is 5.92 Å². The Balaban J connectivity index is 2.71. The molecular formula is C8H13N3O2. The number of hydrogen-bond acceptors (Lipinski definition) is 3. The summed E-state index contributed by atoms with van der Waals surface area (Å²) in [5.41, 5.74) is 0. The number of aromatic nitrogens is 3. The largest absolute Gasteiger partial charge is 0.480 e. The zero-order chi connectivity index (χ0) is 9.84. The Kier molecular flexibility index (Phi) is 3.00. The first-order chi connectivity index (χ1) is 6.09. The summed E-state index contributed by atoms with van der Waals surface area (Å²) < 4.78 is 1.56. The highest BCUT2D eigenvalue weighted by atomic mass is 16.4. The van der Waals surface area contributed by atoms with Gasteiger partial charge in [0.05, 0.1) is 0 Å². The van der Waals surface area contributed by atoms with Crippen LogP contribution in [0.5, 0.6) is 0 Å². The molecule has 1 heterocycles. The first-order valence-electron chi connectivity index (χ1n) is 4.18. The average molecular weight is 183 g/mol. The van der Waals surface area contributed by atoms with Crippen molar-refractivity contribution in [1.82, 2.24) is 14.8 Å². The van der Waals surface area contributed by atoms with Crippen LogP contribution in [0.25, 0.3) is 0 Å². The molecule has 0 fully saturated rings. The lowest BCUT2D eigenvalue weighted by Gasteiger charge is -2.04. The third-order valence-corrected chi connectivity index (χ3v) is 1.59. The fourth-order valence-corrected chi connectivity index (χ4v) is 1.08. The van der Waals surface area contributed by atoms with E-state index in [9.17, 15) is 4.79 Å². The van der Waals surface area contributed by atoms with Gasteiger partial charge in [-0.1, -0.05) is 13.8 Å². The summed E-state index contributed by atoms with van der Waals surface area (Å²) in [5.74, 6) is 0.318. The highest BCUT2D eigenvalue weighted by Crippen LogP contribution is 2.04. The number of carboxylic acid groups (broad SMARTS) is 1. The maximum absolute atomic E-state index is 10.4. The topological polar surface area (TPSA) is 68.0 Å². The van der Waals surface area contributed by atoms with Crippen LogP contribution in [0, 0.1) is 5.92 Å². The SMILES string of the molecule is CC(C)Cc1nncn1CC(=O)O. The molecule has 0 radical (unpaired) electrons. The number of carbonyl (C=O) groups is 1. The fourth-order valence-electron chi connectivity index (χ4n) is 1.08. The van der Waals surface area contributed by atoms with E-state index in [4.69, 9.17) is 5.11 Å². The molecule has 5 nitrogen and oxygen atoms in total. The Morgan fingerprint density at radius 1 is 1.69 bits per heavy atom. The van der Waals surface area contributed by atoms with Gasteiger partial charge < -0.3 is 9.67 Å². The van der Waals surface area contributed by atoms with Crippen LogP contribution in [-0.2, 0) is 17.8 Å². The van der Waals surface area contributed by atoms with Crippen LogP contribution in [0.3, 0.4) is 0 Å². The first kappa shape index (κ1) is 9.70. The van der Waals surface area contributed by atoms with Crippen molar-refractivity contribution in [2.45, 2.75) is 26.8 Å². The molecule has 1 aromatic rings. The molecule has 1 rings (SSSR count). The van der Waals surface area contributed by atoms with Crippen LogP contribution in [0.1, 0.15) is 19.7 Å². The van der Waals surface area contributed by atoms with Crippen molar-refractivity contribution in [3.63, 3.8) is 0 Å². The standard InChI is InChI=1S/C8H13N3O2/c1-6(2)3-7-10-9-5-11(7)4-8(12)13/h5-6H,3-4H2,1-2H3,(H,12,13). The molecule has 0 amide bonds. The van der Waals surface area contributed by atoms with Gasteiger partial charge in [-0.3, -0.25) is 4.79 Å². The van der Waals surface area contributed by atoms with Crippen molar-refractivity contribution in [3.8, 4) is 0 Å². The molecule has 13 heavy (non-hydrogen) atoms. The van der Waals surface area contributed by atoms with Gasteiger partial charge in [0.1, 0.15) is 18.7 Å². The minimum Gasteiger partial charge on any atom is -0.480 e. The summed E-state index contributed by atoms with van der Waals surface area (Å²) in [6.07, 6.45) is 2.21.